The zero-order valence-corrected chi connectivity index (χ0v) is 23.6. The van der Waals surface area contributed by atoms with Crippen LogP contribution in [0.4, 0.5) is 5.69 Å². The van der Waals surface area contributed by atoms with Gasteiger partial charge in [-0.3, -0.25) is 13.9 Å². The lowest BCUT2D eigenvalue weighted by atomic mass is 10.1. The number of hydrogen-bond donors (Lipinski definition) is 1. The molecule has 2 aromatic carbocycles. The molecule has 2 aromatic rings. The average molecular weight is 589 g/mol. The van der Waals surface area contributed by atoms with Gasteiger partial charge >= 0.3 is 0 Å². The molecule has 0 unspecified atom stereocenters. The fourth-order valence-corrected chi connectivity index (χ4v) is 4.55. The molecule has 0 fully saturated rings. The fraction of sp³-hybridized carbons (Fsp3) is 0.417. The molecule has 1 N–H and O–H groups in total. The van der Waals surface area contributed by atoms with Crippen molar-refractivity contribution in [2.45, 2.75) is 33.4 Å². The number of methoxy groups -OCH3 is 1. The van der Waals surface area contributed by atoms with Crippen LogP contribution < -0.4 is 14.4 Å². The highest BCUT2D eigenvalue weighted by Gasteiger charge is 2.31. The summed E-state index contributed by atoms with van der Waals surface area (Å²) in [4.78, 5) is 27.8. The standard InChI is InChI=1S/C24H31BrClN3O5S/c1-16(2)13-27-24(31)17(3)28(14-18-6-8-19(25)9-7-18)23(30)15-29(35(5,32)33)21-12-20(26)10-11-22(21)34-4/h6-12,16-17H,13-15H2,1-5H3,(H,27,31)/t17-/m1/s1. The number of anilines is 1. The third-order valence-corrected chi connectivity index (χ3v) is 7.10. The summed E-state index contributed by atoms with van der Waals surface area (Å²) in [6.45, 7) is 5.60. The molecule has 0 saturated heterocycles. The van der Waals surface area contributed by atoms with Gasteiger partial charge in [-0.25, -0.2) is 8.42 Å². The number of halogens is 2. The van der Waals surface area contributed by atoms with E-state index in [0.29, 0.717) is 6.54 Å². The zero-order chi connectivity index (χ0) is 26.3. The summed E-state index contributed by atoms with van der Waals surface area (Å²) in [7, 11) is -2.50. The first-order valence-electron chi connectivity index (χ1n) is 11.0. The second-order valence-corrected chi connectivity index (χ2v) is 11.8. The van der Waals surface area contributed by atoms with E-state index in [1.54, 1.807) is 13.0 Å². The van der Waals surface area contributed by atoms with E-state index in [1.807, 2.05) is 38.1 Å². The molecule has 11 heteroatoms. The number of carbonyl (C=O) groups is 2. The van der Waals surface area contributed by atoms with Crippen LogP contribution in [0.15, 0.2) is 46.9 Å². The Labute approximate surface area is 220 Å². The Kier molecular flexibility index (Phi) is 10.4. The van der Waals surface area contributed by atoms with Crippen LogP contribution in [-0.4, -0.2) is 57.6 Å². The second kappa shape index (κ2) is 12.6. The summed E-state index contributed by atoms with van der Waals surface area (Å²) in [6.07, 6.45) is 0.998. The minimum absolute atomic E-state index is 0.118. The molecule has 0 saturated carbocycles. The first-order chi connectivity index (χ1) is 16.3. The van der Waals surface area contributed by atoms with E-state index in [4.69, 9.17) is 16.3 Å². The van der Waals surface area contributed by atoms with Crippen molar-refractivity contribution in [2.75, 3.05) is 30.8 Å². The first kappa shape index (κ1) is 28.9. The molecule has 35 heavy (non-hydrogen) atoms. The molecule has 2 rings (SSSR count). The van der Waals surface area contributed by atoms with Gasteiger partial charge in [0.05, 0.1) is 19.1 Å². The van der Waals surface area contributed by atoms with E-state index < -0.39 is 28.5 Å². The zero-order valence-electron chi connectivity index (χ0n) is 20.4. The second-order valence-electron chi connectivity index (χ2n) is 8.55. The molecule has 0 aliphatic rings. The number of nitrogens with one attached hydrogen (secondary N) is 1. The van der Waals surface area contributed by atoms with Gasteiger partial charge in [-0.05, 0) is 48.7 Å². The van der Waals surface area contributed by atoms with Gasteiger partial charge in [0.25, 0.3) is 0 Å². The number of nitrogens with zero attached hydrogens (tertiary/aromatic N) is 2. The Morgan fingerprint density at radius 2 is 1.74 bits per heavy atom. The van der Waals surface area contributed by atoms with Crippen molar-refractivity contribution in [1.29, 1.82) is 0 Å². The Morgan fingerprint density at radius 1 is 1.11 bits per heavy atom. The maximum atomic E-state index is 13.6. The summed E-state index contributed by atoms with van der Waals surface area (Å²) >= 11 is 9.50. The Balaban J connectivity index is 2.43. The predicted molar refractivity (Wildman–Crippen MR) is 142 cm³/mol. The van der Waals surface area contributed by atoms with Gasteiger partial charge < -0.3 is 15.0 Å². The van der Waals surface area contributed by atoms with Gasteiger partial charge in [0.15, 0.2) is 0 Å². The molecule has 8 nitrogen and oxygen atoms in total. The van der Waals surface area contributed by atoms with Crippen LogP contribution in [-0.2, 0) is 26.2 Å². The van der Waals surface area contributed by atoms with Crippen molar-refractivity contribution >= 4 is 55.1 Å². The molecule has 2 amide bonds. The van der Waals surface area contributed by atoms with Gasteiger partial charge in [0.1, 0.15) is 18.3 Å². The number of amides is 2. The maximum Gasteiger partial charge on any atom is 0.244 e. The van der Waals surface area contributed by atoms with Crippen LogP contribution in [0.5, 0.6) is 5.75 Å². The Bertz CT molecular complexity index is 1140. The minimum Gasteiger partial charge on any atom is -0.495 e. The van der Waals surface area contributed by atoms with Gasteiger partial charge in [0.2, 0.25) is 21.8 Å². The molecule has 0 radical (unpaired) electrons. The topological polar surface area (TPSA) is 96.0 Å². The van der Waals surface area contributed by atoms with Crippen LogP contribution >= 0.6 is 27.5 Å². The fourth-order valence-electron chi connectivity index (χ4n) is 3.27. The average Bonchev–Trinajstić information content (AvgIpc) is 2.79. The number of sulfonamides is 1. The van der Waals surface area contributed by atoms with E-state index >= 15 is 0 Å². The molecule has 0 spiro atoms. The number of carbonyl (C=O) groups excluding carboxylic acids is 2. The van der Waals surface area contributed by atoms with Crippen molar-refractivity contribution in [3.63, 3.8) is 0 Å². The molecule has 0 aliphatic heterocycles. The van der Waals surface area contributed by atoms with Crippen LogP contribution in [0.25, 0.3) is 0 Å². The largest absolute Gasteiger partial charge is 0.495 e. The Morgan fingerprint density at radius 3 is 2.29 bits per heavy atom. The van der Waals surface area contributed by atoms with E-state index in [9.17, 15) is 18.0 Å². The van der Waals surface area contributed by atoms with Crippen molar-refractivity contribution in [3.05, 3.63) is 57.5 Å². The van der Waals surface area contributed by atoms with Crippen LogP contribution in [0.2, 0.25) is 5.02 Å². The smallest absolute Gasteiger partial charge is 0.244 e. The van der Waals surface area contributed by atoms with Gasteiger partial charge in [-0.1, -0.05) is 53.5 Å². The van der Waals surface area contributed by atoms with Gasteiger partial charge in [-0.2, -0.15) is 0 Å². The third kappa shape index (κ3) is 8.40. The highest BCUT2D eigenvalue weighted by Crippen LogP contribution is 2.33. The quantitative estimate of drug-likeness (QED) is 0.427. The van der Waals surface area contributed by atoms with E-state index in [1.165, 1.54) is 24.1 Å². The SMILES string of the molecule is COc1ccc(Cl)cc1N(CC(=O)N(Cc1ccc(Br)cc1)[C@H](C)C(=O)NCC(C)C)S(C)(=O)=O. The highest BCUT2D eigenvalue weighted by atomic mass is 79.9. The highest BCUT2D eigenvalue weighted by molar-refractivity contribution is 9.10. The summed E-state index contributed by atoms with van der Waals surface area (Å²) in [5.41, 5.74) is 0.924. The van der Waals surface area contributed by atoms with Crippen molar-refractivity contribution in [1.82, 2.24) is 10.2 Å². The summed E-state index contributed by atoms with van der Waals surface area (Å²) < 4.78 is 32.6. The number of ether oxygens (including phenoxy) is 1. The molecule has 0 aliphatic carbocycles. The monoisotopic (exact) mass is 587 g/mol. The maximum absolute atomic E-state index is 13.6. The lowest BCUT2D eigenvalue weighted by molar-refractivity contribution is -0.139. The van der Waals surface area contributed by atoms with Crippen molar-refractivity contribution in [3.8, 4) is 5.75 Å². The van der Waals surface area contributed by atoms with E-state index in [-0.39, 0.29) is 34.8 Å². The normalized spacial score (nSPS) is 12.2. The first-order valence-corrected chi connectivity index (χ1v) is 14.0. The lowest BCUT2D eigenvalue weighted by Crippen LogP contribution is -2.51. The van der Waals surface area contributed by atoms with Crippen molar-refractivity contribution < 1.29 is 22.7 Å². The summed E-state index contributed by atoms with van der Waals surface area (Å²) in [6, 6.07) is 11.0. The van der Waals surface area contributed by atoms with E-state index in [0.717, 1.165) is 20.6 Å². The van der Waals surface area contributed by atoms with Crippen LogP contribution in [0.1, 0.15) is 26.3 Å². The van der Waals surface area contributed by atoms with Crippen LogP contribution in [0.3, 0.4) is 0 Å². The predicted octanol–water partition coefficient (Wildman–Crippen LogP) is 4.07. The molecule has 0 aromatic heterocycles. The molecule has 192 valence electrons. The van der Waals surface area contributed by atoms with Gasteiger partial charge in [0, 0.05) is 22.6 Å². The number of hydrogen-bond acceptors (Lipinski definition) is 5. The minimum atomic E-state index is -3.90. The molecular weight excluding hydrogens is 558 g/mol. The lowest BCUT2D eigenvalue weighted by Gasteiger charge is -2.32. The molecular formula is C24H31BrClN3O5S. The molecule has 0 bridgehead atoms. The number of benzene rings is 2. The third-order valence-electron chi connectivity index (χ3n) is 5.21. The molecule has 1 atom stereocenters. The number of rotatable bonds is 11. The van der Waals surface area contributed by atoms with Crippen LogP contribution in [0, 0.1) is 5.92 Å². The van der Waals surface area contributed by atoms with Gasteiger partial charge in [-0.15, -0.1) is 0 Å². The summed E-state index contributed by atoms with van der Waals surface area (Å²) in [5, 5.41) is 3.13. The Hall–Kier alpha value is -2.30. The van der Waals surface area contributed by atoms with E-state index in [2.05, 4.69) is 21.2 Å². The van der Waals surface area contributed by atoms with Crippen molar-refractivity contribution in [2.24, 2.45) is 5.92 Å². The summed E-state index contributed by atoms with van der Waals surface area (Å²) in [5.74, 6) is -0.393. The molecule has 0 heterocycles.